The summed E-state index contributed by atoms with van der Waals surface area (Å²) in [6.45, 7) is 0.244. The van der Waals surface area contributed by atoms with Crippen molar-refractivity contribution in [2.24, 2.45) is 0 Å². The molecule has 1 amide bonds. The number of H-pyrrole nitrogens is 1. The summed E-state index contributed by atoms with van der Waals surface area (Å²) >= 11 is 0. The summed E-state index contributed by atoms with van der Waals surface area (Å²) < 4.78 is 10.3. The number of nitrogens with zero attached hydrogens (tertiary/aromatic N) is 5. The van der Waals surface area contributed by atoms with Crippen LogP contribution in [0.4, 0.5) is 0 Å². The molecule has 0 atom stereocenters. The molecule has 3 aromatic heterocycles. The Morgan fingerprint density at radius 1 is 1.07 bits per heavy atom. The zero-order valence-electron chi connectivity index (χ0n) is 16.2. The maximum absolute atomic E-state index is 12.1. The van der Waals surface area contributed by atoms with Gasteiger partial charge in [0.05, 0.1) is 13.7 Å². The summed E-state index contributed by atoms with van der Waals surface area (Å²) in [5.41, 5.74) is 1.66. The first-order valence-electron chi connectivity index (χ1n) is 9.26. The maximum atomic E-state index is 12.1. The fourth-order valence-electron chi connectivity index (χ4n) is 2.71. The minimum Gasteiger partial charge on any atom is -0.497 e. The summed E-state index contributed by atoms with van der Waals surface area (Å²) in [5.74, 6) is 2.60. The van der Waals surface area contributed by atoms with Gasteiger partial charge in [-0.1, -0.05) is 5.16 Å². The molecule has 10 heteroatoms. The highest BCUT2D eigenvalue weighted by Gasteiger charge is 2.12. The van der Waals surface area contributed by atoms with E-state index < -0.39 is 0 Å². The Morgan fingerprint density at radius 2 is 1.83 bits per heavy atom. The van der Waals surface area contributed by atoms with Crippen LogP contribution in [0.2, 0.25) is 0 Å². The van der Waals surface area contributed by atoms with Crippen molar-refractivity contribution in [3.63, 3.8) is 0 Å². The third-order valence-electron chi connectivity index (χ3n) is 4.31. The van der Waals surface area contributed by atoms with Crippen molar-refractivity contribution in [1.82, 2.24) is 35.6 Å². The molecule has 4 rings (SSSR count). The van der Waals surface area contributed by atoms with Crippen LogP contribution in [0.5, 0.6) is 5.75 Å². The van der Waals surface area contributed by atoms with E-state index in [-0.39, 0.29) is 18.9 Å². The van der Waals surface area contributed by atoms with Crippen LogP contribution in [-0.4, -0.2) is 43.3 Å². The number of carbonyl (C=O) groups excluding carboxylic acids is 1. The van der Waals surface area contributed by atoms with Crippen molar-refractivity contribution in [3.8, 4) is 28.5 Å². The first kappa shape index (κ1) is 19.2. The van der Waals surface area contributed by atoms with E-state index >= 15 is 0 Å². The molecule has 152 valence electrons. The highest BCUT2D eigenvalue weighted by molar-refractivity contribution is 5.76. The third kappa shape index (κ3) is 4.66. The fraction of sp³-hybridized carbons (Fsp3) is 0.200. The van der Waals surface area contributed by atoms with Gasteiger partial charge in [-0.25, -0.2) is 4.98 Å². The third-order valence-corrected chi connectivity index (χ3v) is 4.31. The van der Waals surface area contributed by atoms with Crippen molar-refractivity contribution >= 4 is 5.91 Å². The normalized spacial score (nSPS) is 10.7. The lowest BCUT2D eigenvalue weighted by Crippen LogP contribution is -2.23. The molecule has 0 spiro atoms. The molecule has 3 heterocycles. The minimum atomic E-state index is -0.152. The number of ether oxygens (including phenoxy) is 1. The second-order valence-electron chi connectivity index (χ2n) is 6.36. The number of hydrogen-bond donors (Lipinski definition) is 2. The number of hydrogen-bond acceptors (Lipinski definition) is 8. The maximum Gasteiger partial charge on any atom is 0.227 e. The van der Waals surface area contributed by atoms with E-state index in [0.717, 1.165) is 16.9 Å². The second-order valence-corrected chi connectivity index (χ2v) is 6.36. The van der Waals surface area contributed by atoms with E-state index in [4.69, 9.17) is 9.26 Å². The minimum absolute atomic E-state index is 0.152. The molecule has 2 N–H and O–H groups in total. The average molecular weight is 405 g/mol. The highest BCUT2D eigenvalue weighted by atomic mass is 16.5. The van der Waals surface area contributed by atoms with E-state index in [1.807, 2.05) is 24.3 Å². The number of carbonyl (C=O) groups is 1. The van der Waals surface area contributed by atoms with Gasteiger partial charge in [-0.2, -0.15) is 10.1 Å². The summed E-state index contributed by atoms with van der Waals surface area (Å²) in [4.78, 5) is 24.8. The molecule has 0 radical (unpaired) electrons. The van der Waals surface area contributed by atoms with Gasteiger partial charge < -0.3 is 14.6 Å². The van der Waals surface area contributed by atoms with Crippen LogP contribution < -0.4 is 10.1 Å². The van der Waals surface area contributed by atoms with Crippen LogP contribution >= 0.6 is 0 Å². The van der Waals surface area contributed by atoms with Crippen LogP contribution in [0.15, 0.2) is 53.3 Å². The topological polar surface area (TPSA) is 132 Å². The Hall–Kier alpha value is -4.08. The Bertz CT molecular complexity index is 1110. The van der Waals surface area contributed by atoms with Crippen LogP contribution in [-0.2, 0) is 17.8 Å². The number of aromatic nitrogens is 6. The molecule has 10 nitrogen and oxygen atoms in total. The van der Waals surface area contributed by atoms with Crippen LogP contribution in [0.25, 0.3) is 22.8 Å². The van der Waals surface area contributed by atoms with E-state index in [2.05, 4.69) is 35.6 Å². The summed E-state index contributed by atoms with van der Waals surface area (Å²) in [5, 5.41) is 13.7. The predicted molar refractivity (Wildman–Crippen MR) is 106 cm³/mol. The zero-order valence-corrected chi connectivity index (χ0v) is 16.2. The number of aryl methyl sites for hydroxylation is 1. The number of nitrogens with one attached hydrogen (secondary N) is 2. The predicted octanol–water partition coefficient (Wildman–Crippen LogP) is 2.17. The zero-order chi connectivity index (χ0) is 20.8. The molecule has 0 saturated heterocycles. The lowest BCUT2D eigenvalue weighted by molar-refractivity contribution is -0.121. The Kier molecular flexibility index (Phi) is 5.74. The van der Waals surface area contributed by atoms with Crippen LogP contribution in [0, 0.1) is 0 Å². The molecule has 0 saturated carbocycles. The quantitative estimate of drug-likeness (QED) is 0.456. The smallest absolute Gasteiger partial charge is 0.227 e. The fourth-order valence-corrected chi connectivity index (χ4v) is 2.71. The summed E-state index contributed by atoms with van der Waals surface area (Å²) in [7, 11) is 1.61. The highest BCUT2D eigenvalue weighted by Crippen LogP contribution is 2.19. The average Bonchev–Trinajstić information content (AvgIpc) is 3.47. The van der Waals surface area contributed by atoms with Crippen LogP contribution in [0.1, 0.15) is 18.1 Å². The number of rotatable bonds is 8. The van der Waals surface area contributed by atoms with Gasteiger partial charge in [0.1, 0.15) is 11.6 Å². The van der Waals surface area contributed by atoms with Gasteiger partial charge in [0, 0.05) is 36.4 Å². The van der Waals surface area contributed by atoms with E-state index in [0.29, 0.717) is 29.8 Å². The monoisotopic (exact) mass is 405 g/mol. The van der Waals surface area contributed by atoms with Gasteiger partial charge in [-0.3, -0.25) is 14.9 Å². The van der Waals surface area contributed by atoms with Gasteiger partial charge in [0.15, 0.2) is 5.82 Å². The number of pyridine rings is 1. The number of benzene rings is 1. The van der Waals surface area contributed by atoms with Gasteiger partial charge in [-0.05, 0) is 36.4 Å². The van der Waals surface area contributed by atoms with Crippen molar-refractivity contribution in [2.45, 2.75) is 19.4 Å². The molecule has 1 aromatic carbocycles. The first-order chi connectivity index (χ1) is 14.7. The number of methoxy groups -OCH3 is 1. The van der Waals surface area contributed by atoms with Crippen molar-refractivity contribution in [1.29, 1.82) is 0 Å². The van der Waals surface area contributed by atoms with Crippen molar-refractivity contribution in [3.05, 3.63) is 60.5 Å². The van der Waals surface area contributed by atoms with Crippen molar-refractivity contribution < 1.29 is 14.1 Å². The van der Waals surface area contributed by atoms with Crippen molar-refractivity contribution in [2.75, 3.05) is 7.11 Å². The lowest BCUT2D eigenvalue weighted by atomic mass is 10.2. The molecular weight excluding hydrogens is 386 g/mol. The Balaban J connectivity index is 1.26. The molecule has 0 fully saturated rings. The number of aromatic amines is 1. The summed E-state index contributed by atoms with van der Waals surface area (Å²) in [6, 6.07) is 11.0. The molecule has 0 aliphatic heterocycles. The molecule has 4 aromatic rings. The Labute approximate surface area is 171 Å². The summed E-state index contributed by atoms with van der Waals surface area (Å²) in [6.07, 6.45) is 3.87. The first-order valence-corrected chi connectivity index (χ1v) is 9.26. The number of amides is 1. The molecule has 30 heavy (non-hydrogen) atoms. The van der Waals surface area contributed by atoms with E-state index in [1.165, 1.54) is 0 Å². The van der Waals surface area contributed by atoms with Gasteiger partial charge in [0.25, 0.3) is 0 Å². The molecule has 0 aliphatic rings. The van der Waals surface area contributed by atoms with E-state index in [9.17, 15) is 4.79 Å². The molecular formula is C20H19N7O3. The van der Waals surface area contributed by atoms with Crippen LogP contribution in [0.3, 0.4) is 0 Å². The molecule has 0 unspecified atom stereocenters. The standard InChI is InChI=1S/C20H19N7O3/c1-29-15-4-2-13(3-5-15)19-23-16(25-26-19)12-22-17(28)6-7-18-24-20(27-30-18)14-8-10-21-11-9-14/h2-5,8-11H,6-7,12H2,1H3,(H,22,28)(H,23,25,26). The molecule has 0 aliphatic carbocycles. The van der Waals surface area contributed by atoms with Gasteiger partial charge in [-0.15, -0.1) is 0 Å². The largest absolute Gasteiger partial charge is 0.497 e. The van der Waals surface area contributed by atoms with Gasteiger partial charge >= 0.3 is 0 Å². The second kappa shape index (κ2) is 8.95. The molecule has 0 bridgehead atoms. The van der Waals surface area contributed by atoms with E-state index in [1.54, 1.807) is 31.6 Å². The lowest BCUT2D eigenvalue weighted by Gasteiger charge is -2.01. The Morgan fingerprint density at radius 3 is 2.60 bits per heavy atom. The SMILES string of the molecule is COc1ccc(-c2n[nH]c(CNC(=O)CCc3nc(-c4ccncc4)no3)n2)cc1. The van der Waals surface area contributed by atoms with Gasteiger partial charge in [0.2, 0.25) is 17.6 Å².